The van der Waals surface area contributed by atoms with Crippen molar-refractivity contribution in [3.8, 4) is 6.07 Å². The second kappa shape index (κ2) is 10.3. The van der Waals surface area contributed by atoms with E-state index < -0.39 is 5.97 Å². The molecule has 0 aliphatic rings. The van der Waals surface area contributed by atoms with Gasteiger partial charge in [0.15, 0.2) is 0 Å². The molecule has 1 aromatic rings. The van der Waals surface area contributed by atoms with Crippen molar-refractivity contribution in [3.63, 3.8) is 0 Å². The van der Waals surface area contributed by atoms with Crippen LogP contribution in [-0.2, 0) is 4.79 Å². The molecule has 3 N–H and O–H groups in total. The lowest BCUT2D eigenvalue weighted by Gasteiger charge is -2.19. The number of anilines is 1. The molecule has 0 unspecified atom stereocenters. The maximum Gasteiger partial charge on any atom is 0.305 e. The van der Waals surface area contributed by atoms with E-state index in [4.69, 9.17) is 22.0 Å². The third-order valence-corrected chi connectivity index (χ3v) is 3.01. The Morgan fingerprint density at radius 1 is 1.52 bits per heavy atom. The van der Waals surface area contributed by atoms with Gasteiger partial charge in [0, 0.05) is 18.3 Å². The molecule has 5 nitrogen and oxygen atoms in total. The van der Waals surface area contributed by atoms with E-state index in [0.29, 0.717) is 22.8 Å². The SMILES string of the molecule is CCCNC[C@H](CC(=O)O)Nc1ccc(C#N)c(Cl)c1.Cl. The van der Waals surface area contributed by atoms with Crippen LogP contribution >= 0.6 is 24.0 Å². The number of nitrogens with zero attached hydrogens (tertiary/aromatic N) is 1. The van der Waals surface area contributed by atoms with Gasteiger partial charge in [-0.2, -0.15) is 5.26 Å². The van der Waals surface area contributed by atoms with Crippen molar-refractivity contribution in [1.29, 1.82) is 5.26 Å². The average molecular weight is 332 g/mol. The number of hydrogen-bond donors (Lipinski definition) is 3. The molecule has 0 saturated carbocycles. The van der Waals surface area contributed by atoms with E-state index in [1.54, 1.807) is 18.2 Å². The number of carboxylic acid groups (broad SMARTS) is 1. The van der Waals surface area contributed by atoms with Gasteiger partial charge >= 0.3 is 5.97 Å². The molecule has 0 heterocycles. The Labute approximate surface area is 135 Å². The summed E-state index contributed by atoms with van der Waals surface area (Å²) in [5.74, 6) is -0.861. The number of aliphatic carboxylic acids is 1. The van der Waals surface area contributed by atoms with Gasteiger partial charge in [0.25, 0.3) is 0 Å². The second-order valence-electron chi connectivity index (χ2n) is 4.45. The van der Waals surface area contributed by atoms with Crippen LogP contribution in [0.2, 0.25) is 5.02 Å². The standard InChI is InChI=1S/C14H18ClN3O2.ClH/c1-2-5-17-9-12(7-14(19)20)18-11-4-3-10(8-16)13(15)6-11;/h3-4,6,12,17-18H,2,5,7,9H2,1H3,(H,19,20);1H/t12-;/m0./s1. The Hall–Kier alpha value is -1.48. The first-order chi connectivity index (χ1) is 9.56. The Kier molecular flexibility index (Phi) is 9.55. The zero-order valence-electron chi connectivity index (χ0n) is 11.7. The highest BCUT2D eigenvalue weighted by Gasteiger charge is 2.13. The van der Waals surface area contributed by atoms with Gasteiger partial charge in [0.05, 0.1) is 17.0 Å². The van der Waals surface area contributed by atoms with E-state index in [9.17, 15) is 4.79 Å². The van der Waals surface area contributed by atoms with Gasteiger partial charge in [-0.1, -0.05) is 18.5 Å². The number of nitrogens with one attached hydrogen (secondary N) is 2. The number of hydrogen-bond acceptors (Lipinski definition) is 4. The van der Waals surface area contributed by atoms with Gasteiger partial charge < -0.3 is 15.7 Å². The number of halogens is 2. The Morgan fingerprint density at radius 3 is 2.76 bits per heavy atom. The minimum absolute atomic E-state index is 0. The van der Waals surface area contributed by atoms with Crippen LogP contribution in [0.1, 0.15) is 25.3 Å². The molecular weight excluding hydrogens is 313 g/mol. The summed E-state index contributed by atoms with van der Waals surface area (Å²) in [5.41, 5.74) is 1.11. The predicted octanol–water partition coefficient (Wildman–Crippen LogP) is 2.89. The Balaban J connectivity index is 0.00000400. The van der Waals surface area contributed by atoms with Crippen LogP contribution in [0.3, 0.4) is 0 Å². The number of nitriles is 1. The molecule has 116 valence electrons. The molecule has 1 rings (SSSR count). The lowest BCUT2D eigenvalue weighted by atomic mass is 10.1. The minimum Gasteiger partial charge on any atom is -0.481 e. The quantitative estimate of drug-likeness (QED) is 0.638. The van der Waals surface area contributed by atoms with Crippen LogP contribution in [0.5, 0.6) is 0 Å². The monoisotopic (exact) mass is 331 g/mol. The first-order valence-electron chi connectivity index (χ1n) is 6.45. The van der Waals surface area contributed by atoms with E-state index in [-0.39, 0.29) is 24.9 Å². The molecule has 0 aliphatic carbocycles. The van der Waals surface area contributed by atoms with Gasteiger partial charge in [-0.15, -0.1) is 12.4 Å². The van der Waals surface area contributed by atoms with Gasteiger partial charge in [-0.3, -0.25) is 4.79 Å². The number of benzene rings is 1. The van der Waals surface area contributed by atoms with E-state index >= 15 is 0 Å². The summed E-state index contributed by atoms with van der Waals surface area (Å²) in [6.07, 6.45) is 0.997. The zero-order chi connectivity index (χ0) is 15.0. The smallest absolute Gasteiger partial charge is 0.305 e. The molecule has 0 bridgehead atoms. The summed E-state index contributed by atoms with van der Waals surface area (Å²) < 4.78 is 0. The van der Waals surface area contributed by atoms with Crippen LogP contribution in [0.25, 0.3) is 0 Å². The normalized spacial score (nSPS) is 11.1. The molecular formula is C14H19Cl2N3O2. The largest absolute Gasteiger partial charge is 0.481 e. The van der Waals surface area contributed by atoms with Gasteiger partial charge in [0.1, 0.15) is 6.07 Å². The van der Waals surface area contributed by atoms with Crippen LogP contribution in [-0.4, -0.2) is 30.2 Å². The van der Waals surface area contributed by atoms with Gasteiger partial charge in [0.2, 0.25) is 0 Å². The van der Waals surface area contributed by atoms with Crippen molar-refractivity contribution in [2.75, 3.05) is 18.4 Å². The molecule has 7 heteroatoms. The van der Waals surface area contributed by atoms with Crippen LogP contribution in [0.15, 0.2) is 18.2 Å². The maximum absolute atomic E-state index is 10.9. The van der Waals surface area contributed by atoms with Crippen molar-refractivity contribution < 1.29 is 9.90 Å². The summed E-state index contributed by atoms with van der Waals surface area (Å²) in [7, 11) is 0. The highest BCUT2D eigenvalue weighted by molar-refractivity contribution is 6.32. The lowest BCUT2D eigenvalue weighted by Crippen LogP contribution is -2.35. The topological polar surface area (TPSA) is 85.2 Å². The Morgan fingerprint density at radius 2 is 2.24 bits per heavy atom. The molecule has 1 atom stereocenters. The number of rotatable bonds is 8. The van der Waals surface area contributed by atoms with Crippen molar-refractivity contribution in [2.45, 2.75) is 25.8 Å². The van der Waals surface area contributed by atoms with Crippen LogP contribution < -0.4 is 10.6 Å². The third-order valence-electron chi connectivity index (χ3n) is 2.70. The van der Waals surface area contributed by atoms with Gasteiger partial charge in [-0.25, -0.2) is 0 Å². The van der Waals surface area contributed by atoms with Crippen LogP contribution in [0, 0.1) is 11.3 Å². The van der Waals surface area contributed by atoms with Crippen LogP contribution in [0.4, 0.5) is 5.69 Å². The fourth-order valence-electron chi connectivity index (χ4n) is 1.77. The molecule has 0 aromatic heterocycles. The van der Waals surface area contributed by atoms with E-state index in [2.05, 4.69) is 10.6 Å². The van der Waals surface area contributed by atoms with E-state index in [1.165, 1.54) is 0 Å². The summed E-state index contributed by atoms with van der Waals surface area (Å²) in [4.78, 5) is 10.9. The fraction of sp³-hybridized carbons (Fsp3) is 0.429. The summed E-state index contributed by atoms with van der Waals surface area (Å²) in [5, 5.41) is 24.4. The van der Waals surface area contributed by atoms with E-state index in [0.717, 1.165) is 13.0 Å². The summed E-state index contributed by atoms with van der Waals surface area (Å²) in [6.45, 7) is 3.44. The first kappa shape index (κ1) is 19.5. The number of carboxylic acids is 1. The second-order valence-corrected chi connectivity index (χ2v) is 4.86. The highest BCUT2D eigenvalue weighted by Crippen LogP contribution is 2.21. The molecule has 0 aliphatic heterocycles. The van der Waals surface area contributed by atoms with Crippen molar-refractivity contribution in [2.24, 2.45) is 0 Å². The molecule has 0 spiro atoms. The molecule has 0 amide bonds. The minimum atomic E-state index is -0.861. The van der Waals surface area contributed by atoms with Crippen molar-refractivity contribution in [3.05, 3.63) is 28.8 Å². The molecule has 1 aromatic carbocycles. The van der Waals surface area contributed by atoms with Crippen molar-refractivity contribution >= 4 is 35.7 Å². The molecule has 0 saturated heterocycles. The van der Waals surface area contributed by atoms with E-state index in [1.807, 2.05) is 13.0 Å². The fourth-order valence-corrected chi connectivity index (χ4v) is 1.99. The maximum atomic E-state index is 10.9. The first-order valence-corrected chi connectivity index (χ1v) is 6.83. The highest BCUT2D eigenvalue weighted by atomic mass is 35.5. The number of carbonyl (C=O) groups is 1. The van der Waals surface area contributed by atoms with Gasteiger partial charge in [-0.05, 0) is 31.2 Å². The third kappa shape index (κ3) is 7.19. The predicted molar refractivity (Wildman–Crippen MR) is 86.2 cm³/mol. The Bertz CT molecular complexity index is 503. The molecule has 21 heavy (non-hydrogen) atoms. The average Bonchev–Trinajstić information content (AvgIpc) is 2.38. The molecule has 0 radical (unpaired) electrons. The van der Waals surface area contributed by atoms with Crippen molar-refractivity contribution in [1.82, 2.24) is 5.32 Å². The summed E-state index contributed by atoms with van der Waals surface area (Å²) >= 11 is 5.95. The summed E-state index contributed by atoms with van der Waals surface area (Å²) in [6, 6.07) is 6.72. The molecule has 0 fully saturated rings. The zero-order valence-corrected chi connectivity index (χ0v) is 13.3. The lowest BCUT2D eigenvalue weighted by molar-refractivity contribution is -0.137.